The molecule has 3 aromatic rings. The number of fused-ring (bicyclic) bond motifs is 2. The van der Waals surface area contributed by atoms with Crippen molar-refractivity contribution < 1.29 is 19.0 Å². The lowest BCUT2D eigenvalue weighted by atomic mass is 9.76. The average Bonchev–Trinajstić information content (AvgIpc) is 3.17. The number of benzene rings is 2. The van der Waals surface area contributed by atoms with E-state index in [2.05, 4.69) is 24.1 Å². The van der Waals surface area contributed by atoms with Crippen LogP contribution in [0.5, 0.6) is 5.75 Å². The lowest BCUT2D eigenvalue weighted by Gasteiger charge is -2.44. The van der Waals surface area contributed by atoms with Crippen LogP contribution in [-0.4, -0.2) is 33.8 Å². The molecule has 37 heavy (non-hydrogen) atoms. The number of rotatable bonds is 6. The van der Waals surface area contributed by atoms with Crippen molar-refractivity contribution in [3.63, 3.8) is 0 Å². The van der Waals surface area contributed by atoms with Crippen molar-refractivity contribution >= 4 is 5.97 Å². The molecule has 0 atom stereocenters. The molecule has 4 aliphatic rings. The molecule has 0 spiro atoms. The van der Waals surface area contributed by atoms with E-state index in [1.165, 1.54) is 5.56 Å². The molecular weight excluding hydrogens is 470 g/mol. The number of carbonyl (C=O) groups is 1. The lowest BCUT2D eigenvalue weighted by molar-refractivity contribution is -0.384. The molecule has 1 saturated heterocycles. The molecule has 0 radical (unpaired) electrons. The van der Waals surface area contributed by atoms with Gasteiger partial charge < -0.3 is 14.2 Å². The molecule has 0 N–H and O–H groups in total. The van der Waals surface area contributed by atoms with Crippen molar-refractivity contribution in [2.45, 2.75) is 63.8 Å². The van der Waals surface area contributed by atoms with E-state index in [1.807, 2.05) is 24.3 Å². The van der Waals surface area contributed by atoms with Gasteiger partial charge in [-0.15, -0.1) is 0 Å². The molecule has 2 aromatic carbocycles. The highest BCUT2D eigenvalue weighted by molar-refractivity contribution is 5.91. The molecule has 2 fully saturated rings. The predicted octanol–water partition coefficient (Wildman–Crippen LogP) is 4.39. The van der Waals surface area contributed by atoms with E-state index in [0.29, 0.717) is 23.9 Å². The Labute approximate surface area is 215 Å². The van der Waals surface area contributed by atoms with Gasteiger partial charge in [0.25, 0.3) is 5.56 Å². The van der Waals surface area contributed by atoms with Crippen molar-refractivity contribution in [2.75, 3.05) is 7.05 Å². The second-order valence-electron chi connectivity index (χ2n) is 10.3. The quantitative estimate of drug-likeness (QED) is 0.464. The second kappa shape index (κ2) is 9.52. The van der Waals surface area contributed by atoms with E-state index in [9.17, 15) is 9.59 Å². The second-order valence-corrected chi connectivity index (χ2v) is 10.3. The van der Waals surface area contributed by atoms with Gasteiger partial charge in [0.15, 0.2) is 6.29 Å². The van der Waals surface area contributed by atoms with Crippen LogP contribution in [0.1, 0.15) is 66.3 Å². The zero-order chi connectivity index (χ0) is 25.6. The zero-order valence-corrected chi connectivity index (χ0v) is 21.1. The van der Waals surface area contributed by atoms with Gasteiger partial charge in [-0.3, -0.25) is 14.3 Å². The topological polar surface area (TPSA) is 82.9 Å². The van der Waals surface area contributed by atoms with Crippen LogP contribution in [0.4, 0.5) is 0 Å². The van der Waals surface area contributed by atoms with Gasteiger partial charge in [-0.1, -0.05) is 48.5 Å². The van der Waals surface area contributed by atoms with Crippen molar-refractivity contribution in [1.29, 1.82) is 0 Å². The number of hydrogen-bond acceptors (Lipinski definition) is 7. The summed E-state index contributed by atoms with van der Waals surface area (Å²) in [5.41, 5.74) is 1.01. The highest BCUT2D eigenvalue weighted by Gasteiger charge is 2.48. The van der Waals surface area contributed by atoms with E-state index in [4.69, 9.17) is 19.2 Å². The van der Waals surface area contributed by atoms with Crippen LogP contribution in [0.3, 0.4) is 0 Å². The largest absolute Gasteiger partial charge is 0.415 e. The summed E-state index contributed by atoms with van der Waals surface area (Å²) in [4.78, 5) is 34.4. The summed E-state index contributed by atoms with van der Waals surface area (Å²) < 4.78 is 19.0. The van der Waals surface area contributed by atoms with Gasteiger partial charge in [-0.05, 0) is 63.3 Å². The monoisotopic (exact) mass is 501 g/mol. The Kier molecular flexibility index (Phi) is 6.18. The van der Waals surface area contributed by atoms with Crippen molar-refractivity contribution in [3.8, 4) is 5.75 Å². The van der Waals surface area contributed by atoms with Gasteiger partial charge in [-0.25, -0.2) is 9.78 Å². The summed E-state index contributed by atoms with van der Waals surface area (Å²) in [5, 5.41) is 0. The van der Waals surface area contributed by atoms with Crippen LogP contribution in [0.25, 0.3) is 0 Å². The van der Waals surface area contributed by atoms with E-state index < -0.39 is 24.1 Å². The Morgan fingerprint density at radius 2 is 1.73 bits per heavy atom. The van der Waals surface area contributed by atoms with Crippen LogP contribution in [0.15, 0.2) is 65.5 Å². The minimum Gasteiger partial charge on any atom is -0.415 e. The molecule has 7 rings (SSSR count). The van der Waals surface area contributed by atoms with Gasteiger partial charge in [-0.2, -0.15) is 0 Å². The third-order valence-corrected chi connectivity index (χ3v) is 7.99. The summed E-state index contributed by atoms with van der Waals surface area (Å²) in [6.07, 6.45) is 2.53. The van der Waals surface area contributed by atoms with Crippen molar-refractivity contribution in [1.82, 2.24) is 14.5 Å². The average molecular weight is 502 g/mol. The van der Waals surface area contributed by atoms with Gasteiger partial charge in [0.05, 0.1) is 11.1 Å². The van der Waals surface area contributed by atoms with Gasteiger partial charge in [0.2, 0.25) is 12.0 Å². The molecule has 8 heteroatoms. The maximum atomic E-state index is 14.0. The molecule has 3 aliphatic heterocycles. The molecule has 2 bridgehead atoms. The fourth-order valence-electron chi connectivity index (χ4n) is 5.93. The molecule has 0 unspecified atom stereocenters. The maximum absolute atomic E-state index is 14.0. The zero-order valence-electron chi connectivity index (χ0n) is 21.1. The summed E-state index contributed by atoms with van der Waals surface area (Å²) in [7, 11) is 2.11. The van der Waals surface area contributed by atoms with E-state index in [0.717, 1.165) is 32.2 Å². The molecule has 1 aliphatic carbocycles. The fourth-order valence-corrected chi connectivity index (χ4v) is 5.93. The van der Waals surface area contributed by atoms with E-state index >= 15 is 0 Å². The normalized spacial score (nSPS) is 26.3. The number of nitrogens with zero attached hydrogens (tertiary/aromatic N) is 3. The Balaban J connectivity index is 1.45. The van der Waals surface area contributed by atoms with Crippen LogP contribution in [0, 0.1) is 5.92 Å². The highest BCUT2D eigenvalue weighted by atomic mass is 16.9. The van der Waals surface area contributed by atoms with Crippen LogP contribution < -0.4 is 10.3 Å². The molecule has 1 aromatic heterocycles. The lowest BCUT2D eigenvalue weighted by Crippen LogP contribution is -2.48. The molecule has 192 valence electrons. The molecular formula is C29H31N3O5. The van der Waals surface area contributed by atoms with E-state index in [1.54, 1.807) is 35.8 Å². The Bertz CT molecular complexity index is 1340. The number of ether oxygens (including phenoxy) is 3. The van der Waals surface area contributed by atoms with Gasteiger partial charge in [0.1, 0.15) is 11.5 Å². The summed E-state index contributed by atoms with van der Waals surface area (Å²) in [6, 6.07) is 19.0. The van der Waals surface area contributed by atoms with Crippen molar-refractivity contribution in [2.24, 2.45) is 5.92 Å². The van der Waals surface area contributed by atoms with E-state index in [-0.39, 0.29) is 17.0 Å². The highest BCUT2D eigenvalue weighted by Crippen LogP contribution is 2.47. The smallest absolute Gasteiger partial charge is 0.343 e. The Morgan fingerprint density at radius 3 is 2.38 bits per heavy atom. The van der Waals surface area contributed by atoms with Crippen LogP contribution in [0.2, 0.25) is 0 Å². The predicted molar refractivity (Wildman–Crippen MR) is 136 cm³/mol. The molecule has 8 nitrogen and oxygen atoms in total. The standard InChI is InChI=1S/C29H31N3O5/c1-19-35-27(36-19)23-24(37-26(34)22-11-7-4-8-12-22)25(33)32-18-21-13-15-29(16-14-21,28(32)30-23)31(2)17-20-9-5-3-6-10-20/h3-12,19,21,27H,13-18H2,1-2H3. The van der Waals surface area contributed by atoms with Crippen molar-refractivity contribution in [3.05, 3.63) is 93.7 Å². The van der Waals surface area contributed by atoms with Crippen LogP contribution in [-0.2, 0) is 28.1 Å². The first-order valence-corrected chi connectivity index (χ1v) is 12.9. The summed E-state index contributed by atoms with van der Waals surface area (Å²) >= 11 is 0. The number of aromatic nitrogens is 2. The minimum atomic E-state index is -0.857. The minimum absolute atomic E-state index is 0.114. The summed E-state index contributed by atoms with van der Waals surface area (Å²) in [6.45, 7) is 3.06. The molecule has 1 saturated carbocycles. The number of carbonyl (C=O) groups excluding carboxylic acids is 1. The number of hydrogen-bond donors (Lipinski definition) is 0. The van der Waals surface area contributed by atoms with Gasteiger partial charge >= 0.3 is 5.97 Å². The third kappa shape index (κ3) is 4.29. The Hall–Kier alpha value is -3.33. The van der Waals surface area contributed by atoms with Gasteiger partial charge in [0, 0.05) is 13.1 Å². The Morgan fingerprint density at radius 1 is 1.08 bits per heavy atom. The summed E-state index contributed by atoms with van der Waals surface area (Å²) in [5.74, 6) is 0.355. The van der Waals surface area contributed by atoms with Crippen LogP contribution >= 0.6 is 0 Å². The number of esters is 1. The first-order valence-electron chi connectivity index (χ1n) is 12.9. The maximum Gasteiger partial charge on any atom is 0.343 e. The first-order chi connectivity index (χ1) is 17.9. The third-order valence-electron chi connectivity index (χ3n) is 7.99. The first kappa shape index (κ1) is 24.0. The molecule has 0 amide bonds. The molecule has 4 heterocycles. The SMILES string of the molecule is CC1OC(c2nc3n(c(=O)c2OC(=O)c2ccccc2)CC2CCC3(N(C)Cc3ccccc3)CC2)O1. The fraction of sp³-hybridized carbons (Fsp3) is 0.414.